The minimum Gasteiger partial charge on any atom is -0.378 e. The van der Waals surface area contributed by atoms with Gasteiger partial charge in [0.25, 0.3) is 0 Å². The predicted molar refractivity (Wildman–Crippen MR) is 145 cm³/mol. The number of sulfone groups is 1. The molecule has 0 spiro atoms. The Hall–Kier alpha value is -3.96. The largest absolute Gasteiger partial charge is 0.378 e. The molecule has 0 aliphatic carbocycles. The van der Waals surface area contributed by atoms with Gasteiger partial charge in [-0.1, -0.05) is 6.07 Å². The van der Waals surface area contributed by atoms with Crippen molar-refractivity contribution in [3.8, 4) is 11.3 Å². The fraction of sp³-hybridized carbons (Fsp3) is 0.250. The van der Waals surface area contributed by atoms with Crippen molar-refractivity contribution in [2.45, 2.75) is 18.2 Å². The third kappa shape index (κ3) is 5.45. The summed E-state index contributed by atoms with van der Waals surface area (Å²) in [5, 5.41) is 3.29. The van der Waals surface area contributed by atoms with Crippen LogP contribution in [-0.4, -0.2) is 57.2 Å². The molecule has 0 radical (unpaired) electrons. The average molecular weight is 553 g/mol. The lowest BCUT2D eigenvalue weighted by atomic mass is 9.99. The van der Waals surface area contributed by atoms with Crippen LogP contribution in [0.1, 0.15) is 11.1 Å². The molecule has 1 fully saturated rings. The number of fused-ring (bicyclic) bond motifs is 1. The second-order valence-corrected chi connectivity index (χ2v) is 11.4. The van der Waals surface area contributed by atoms with E-state index in [9.17, 15) is 17.6 Å². The summed E-state index contributed by atoms with van der Waals surface area (Å²) in [5.41, 5.74) is 3.20. The summed E-state index contributed by atoms with van der Waals surface area (Å²) in [6.45, 7) is 4.28. The van der Waals surface area contributed by atoms with Crippen LogP contribution in [0.2, 0.25) is 0 Å². The molecule has 2 aromatic carbocycles. The Bertz CT molecular complexity index is 1690. The number of ether oxygens (including phenoxy) is 1. The molecule has 0 bridgehead atoms. The zero-order valence-electron chi connectivity index (χ0n) is 21.4. The van der Waals surface area contributed by atoms with E-state index in [4.69, 9.17) is 4.74 Å². The second kappa shape index (κ2) is 10.7. The number of benzene rings is 2. The summed E-state index contributed by atoms with van der Waals surface area (Å²) in [6.07, 6.45) is 5.17. The number of rotatable bonds is 7. The van der Waals surface area contributed by atoms with Crippen molar-refractivity contribution in [3.63, 3.8) is 0 Å². The number of hydrogen-bond donors (Lipinski definition) is 1. The molecule has 11 heteroatoms. The summed E-state index contributed by atoms with van der Waals surface area (Å²) >= 11 is 0. The fourth-order valence-corrected chi connectivity index (χ4v) is 5.64. The molecule has 1 aliphatic heterocycles. The molecule has 0 amide bonds. The van der Waals surface area contributed by atoms with Crippen LogP contribution in [0.25, 0.3) is 22.2 Å². The maximum absolute atomic E-state index is 15.2. The first-order valence-corrected chi connectivity index (χ1v) is 14.2. The number of morpholine rings is 1. The van der Waals surface area contributed by atoms with E-state index < -0.39 is 21.5 Å². The first kappa shape index (κ1) is 26.6. The molecular weight excluding hydrogens is 526 g/mol. The Kier molecular flexibility index (Phi) is 7.28. The average Bonchev–Trinajstić information content (AvgIpc) is 2.90. The highest BCUT2D eigenvalue weighted by Gasteiger charge is 2.23. The number of anilines is 3. The number of pyridine rings is 2. The van der Waals surface area contributed by atoms with Crippen molar-refractivity contribution in [2.75, 3.05) is 42.8 Å². The molecular formula is C28H26F2N4O4S. The van der Waals surface area contributed by atoms with Crippen LogP contribution in [0.15, 0.2) is 53.7 Å². The van der Waals surface area contributed by atoms with Crippen LogP contribution in [0.4, 0.5) is 25.8 Å². The standard InChI is InChI=1S/C28H26F2N4O4S/c1-17-27(22-11-18(5-8-35)3-4-25(22)39(2,36)37)33-24-13-19(29)12-23(30)26(24)28(17)32-20-14-21(16-31-15-20)34-6-9-38-10-7-34/h3-4,8,11-16H,5-7,9-10H2,1-2H3,(H,32,33). The lowest BCUT2D eigenvalue weighted by Crippen LogP contribution is -2.36. The van der Waals surface area contributed by atoms with Crippen LogP contribution in [0, 0.1) is 18.6 Å². The molecule has 39 heavy (non-hydrogen) atoms. The van der Waals surface area contributed by atoms with Gasteiger partial charge in [0.05, 0.1) is 64.2 Å². The van der Waals surface area contributed by atoms with E-state index in [0.717, 1.165) is 24.1 Å². The number of nitrogens with one attached hydrogen (secondary N) is 1. The van der Waals surface area contributed by atoms with Crippen molar-refractivity contribution < 1.29 is 26.7 Å². The Morgan fingerprint density at radius 1 is 1.10 bits per heavy atom. The van der Waals surface area contributed by atoms with E-state index in [1.54, 1.807) is 31.5 Å². The number of aldehydes is 1. The molecule has 1 N–H and O–H groups in total. The van der Waals surface area contributed by atoms with Crippen molar-refractivity contribution in [2.24, 2.45) is 0 Å². The Morgan fingerprint density at radius 2 is 1.87 bits per heavy atom. The van der Waals surface area contributed by atoms with Crippen molar-refractivity contribution >= 4 is 44.1 Å². The predicted octanol–water partition coefficient (Wildman–Crippen LogP) is 4.61. The Balaban J connectivity index is 1.72. The van der Waals surface area contributed by atoms with E-state index in [1.807, 2.05) is 6.07 Å². The Morgan fingerprint density at radius 3 is 2.59 bits per heavy atom. The molecule has 202 valence electrons. The van der Waals surface area contributed by atoms with Crippen molar-refractivity contribution in [3.05, 3.63) is 71.6 Å². The van der Waals surface area contributed by atoms with Gasteiger partial charge in [-0.05, 0) is 36.2 Å². The molecule has 8 nitrogen and oxygen atoms in total. The highest BCUT2D eigenvalue weighted by atomic mass is 32.2. The monoisotopic (exact) mass is 552 g/mol. The van der Waals surface area contributed by atoms with Crippen LogP contribution in [0.5, 0.6) is 0 Å². The molecule has 0 saturated carbocycles. The molecule has 3 heterocycles. The van der Waals surface area contributed by atoms with Gasteiger partial charge >= 0.3 is 0 Å². The number of halogens is 2. The fourth-order valence-electron chi connectivity index (χ4n) is 4.77. The first-order valence-electron chi connectivity index (χ1n) is 12.3. The summed E-state index contributed by atoms with van der Waals surface area (Å²) < 4.78 is 60.4. The van der Waals surface area contributed by atoms with E-state index in [1.165, 1.54) is 6.07 Å². The van der Waals surface area contributed by atoms with Crippen LogP contribution < -0.4 is 10.2 Å². The van der Waals surface area contributed by atoms with Gasteiger partial charge in [-0.2, -0.15) is 0 Å². The summed E-state index contributed by atoms with van der Waals surface area (Å²) in [5.74, 6) is -1.63. The van der Waals surface area contributed by atoms with Crippen LogP contribution in [0.3, 0.4) is 0 Å². The normalized spacial score (nSPS) is 14.0. The van der Waals surface area contributed by atoms with Gasteiger partial charge in [-0.3, -0.25) is 4.98 Å². The highest BCUT2D eigenvalue weighted by Crippen LogP contribution is 2.39. The van der Waals surface area contributed by atoms with E-state index in [-0.39, 0.29) is 33.5 Å². The van der Waals surface area contributed by atoms with E-state index in [2.05, 4.69) is 20.2 Å². The zero-order valence-corrected chi connectivity index (χ0v) is 22.2. The van der Waals surface area contributed by atoms with Gasteiger partial charge in [-0.15, -0.1) is 0 Å². The molecule has 2 aromatic heterocycles. The van der Waals surface area contributed by atoms with Crippen LogP contribution >= 0.6 is 0 Å². The maximum atomic E-state index is 15.2. The summed E-state index contributed by atoms with van der Waals surface area (Å²) in [7, 11) is -3.71. The van der Waals surface area contributed by atoms with E-state index >= 15 is 4.39 Å². The van der Waals surface area contributed by atoms with Crippen LogP contribution in [-0.2, 0) is 25.8 Å². The molecule has 0 unspecified atom stereocenters. The number of nitrogens with zero attached hydrogens (tertiary/aromatic N) is 3. The molecule has 5 rings (SSSR count). The topological polar surface area (TPSA) is 101 Å². The number of hydrogen-bond acceptors (Lipinski definition) is 8. The third-order valence-electron chi connectivity index (χ3n) is 6.63. The maximum Gasteiger partial charge on any atom is 0.176 e. The highest BCUT2D eigenvalue weighted by molar-refractivity contribution is 7.90. The Labute approximate surface area is 224 Å². The van der Waals surface area contributed by atoms with Crippen molar-refractivity contribution in [1.82, 2.24) is 9.97 Å². The second-order valence-electron chi connectivity index (χ2n) is 9.37. The van der Waals surface area contributed by atoms with Crippen molar-refractivity contribution in [1.29, 1.82) is 0 Å². The zero-order chi connectivity index (χ0) is 27.7. The molecule has 1 aliphatic rings. The molecule has 1 saturated heterocycles. The number of carbonyl (C=O) groups excluding carboxylic acids is 1. The van der Waals surface area contributed by atoms with Gasteiger partial charge in [0.1, 0.15) is 17.9 Å². The summed E-state index contributed by atoms with van der Waals surface area (Å²) in [4.78, 5) is 22.1. The minimum atomic E-state index is -3.71. The van der Waals surface area contributed by atoms with Gasteiger partial charge < -0.3 is 19.7 Å². The number of carbonyl (C=O) groups is 1. The molecule has 4 aromatic rings. The lowest BCUT2D eigenvalue weighted by molar-refractivity contribution is -0.107. The van der Waals surface area contributed by atoms with Gasteiger partial charge in [0, 0.05) is 43.5 Å². The van der Waals surface area contributed by atoms with Gasteiger partial charge in [0.15, 0.2) is 9.84 Å². The van der Waals surface area contributed by atoms with E-state index in [0.29, 0.717) is 55.1 Å². The quantitative estimate of drug-likeness (QED) is 0.332. The SMILES string of the molecule is Cc1c(-c2cc(CC=O)ccc2S(C)(=O)=O)nc2cc(F)cc(F)c2c1Nc1cncc(N2CCOCC2)c1. The molecule has 0 atom stereocenters. The lowest BCUT2D eigenvalue weighted by Gasteiger charge is -2.28. The minimum absolute atomic E-state index is 0.00753. The van der Waals surface area contributed by atoms with Gasteiger partial charge in [-0.25, -0.2) is 22.2 Å². The van der Waals surface area contributed by atoms with Gasteiger partial charge in [0.2, 0.25) is 0 Å². The smallest absolute Gasteiger partial charge is 0.176 e. The number of aromatic nitrogens is 2. The first-order chi connectivity index (χ1) is 18.7. The third-order valence-corrected chi connectivity index (χ3v) is 7.79. The summed E-state index contributed by atoms with van der Waals surface area (Å²) in [6, 6.07) is 8.31.